The lowest BCUT2D eigenvalue weighted by Gasteiger charge is -2.34. The Balaban J connectivity index is 2.15. The molecule has 2 heterocycles. The van der Waals surface area contributed by atoms with Crippen LogP contribution in [0.25, 0.3) is 0 Å². The van der Waals surface area contributed by atoms with E-state index in [9.17, 15) is 4.79 Å². The van der Waals surface area contributed by atoms with Gasteiger partial charge in [0.15, 0.2) is 0 Å². The summed E-state index contributed by atoms with van der Waals surface area (Å²) in [7, 11) is 0. The highest BCUT2D eigenvalue weighted by molar-refractivity contribution is 5.80. The third kappa shape index (κ3) is 2.71. The van der Waals surface area contributed by atoms with Crippen LogP contribution in [0.3, 0.4) is 0 Å². The molecule has 0 amide bonds. The highest BCUT2D eigenvalue weighted by Gasteiger charge is 2.31. The number of piperazine rings is 1. The number of ether oxygens (including phenoxy) is 1. The number of rotatable bonds is 3. The molecular weight excluding hydrogens is 220 g/mol. The van der Waals surface area contributed by atoms with Gasteiger partial charge in [-0.1, -0.05) is 0 Å². The fourth-order valence-corrected chi connectivity index (χ4v) is 1.83. The van der Waals surface area contributed by atoms with Crippen molar-refractivity contribution in [2.24, 2.45) is 0 Å². The quantitative estimate of drug-likeness (QED) is 0.734. The molecule has 92 valence electrons. The van der Waals surface area contributed by atoms with Crippen molar-refractivity contribution in [3.63, 3.8) is 0 Å². The van der Waals surface area contributed by atoms with E-state index in [-0.39, 0.29) is 12.0 Å². The number of hydrogen-bond acceptors (Lipinski definition) is 6. The summed E-state index contributed by atoms with van der Waals surface area (Å²) in [5, 5.41) is 3.18. The highest BCUT2D eigenvalue weighted by atomic mass is 16.5. The maximum Gasteiger partial charge on any atom is 0.330 e. The lowest BCUT2D eigenvalue weighted by Crippen LogP contribution is -2.56. The molecule has 1 aromatic rings. The molecule has 1 aromatic heterocycles. The first-order valence-corrected chi connectivity index (χ1v) is 5.74. The van der Waals surface area contributed by atoms with Crippen molar-refractivity contribution in [1.82, 2.24) is 15.3 Å². The second-order valence-electron chi connectivity index (χ2n) is 3.71. The third-order valence-electron chi connectivity index (χ3n) is 2.61. The molecule has 17 heavy (non-hydrogen) atoms. The average Bonchev–Trinajstić information content (AvgIpc) is 2.40. The van der Waals surface area contributed by atoms with Gasteiger partial charge >= 0.3 is 5.97 Å². The predicted molar refractivity (Wildman–Crippen MR) is 62.7 cm³/mol. The minimum Gasteiger partial charge on any atom is -0.464 e. The molecule has 1 unspecified atom stereocenters. The number of esters is 1. The minimum absolute atomic E-state index is 0.229. The van der Waals surface area contributed by atoms with Crippen molar-refractivity contribution in [3.8, 4) is 0 Å². The number of carbonyl (C=O) groups is 1. The van der Waals surface area contributed by atoms with Gasteiger partial charge in [-0.25, -0.2) is 14.8 Å². The van der Waals surface area contributed by atoms with Gasteiger partial charge in [-0.2, -0.15) is 0 Å². The number of hydrogen-bond donors (Lipinski definition) is 1. The van der Waals surface area contributed by atoms with Gasteiger partial charge in [0.25, 0.3) is 0 Å². The lowest BCUT2D eigenvalue weighted by atomic mass is 10.2. The van der Waals surface area contributed by atoms with Gasteiger partial charge in [0, 0.05) is 32.0 Å². The maximum atomic E-state index is 11.8. The first-order chi connectivity index (χ1) is 8.33. The smallest absolute Gasteiger partial charge is 0.330 e. The molecule has 1 aliphatic heterocycles. The zero-order valence-corrected chi connectivity index (χ0v) is 9.80. The first-order valence-electron chi connectivity index (χ1n) is 5.74. The molecule has 0 aliphatic carbocycles. The summed E-state index contributed by atoms with van der Waals surface area (Å²) in [5.41, 5.74) is 0. The van der Waals surface area contributed by atoms with Crippen LogP contribution in [0.15, 0.2) is 18.5 Å². The molecule has 2 rings (SSSR count). The molecule has 6 nitrogen and oxygen atoms in total. The number of nitrogens with zero attached hydrogens (tertiary/aromatic N) is 3. The summed E-state index contributed by atoms with van der Waals surface area (Å²) in [6.07, 6.45) is 3.35. The summed E-state index contributed by atoms with van der Waals surface area (Å²) in [6.45, 7) is 4.27. The van der Waals surface area contributed by atoms with E-state index in [4.69, 9.17) is 4.74 Å². The summed E-state index contributed by atoms with van der Waals surface area (Å²) in [4.78, 5) is 22.1. The van der Waals surface area contributed by atoms with Crippen LogP contribution in [0.2, 0.25) is 0 Å². The second kappa shape index (κ2) is 5.58. The van der Waals surface area contributed by atoms with E-state index < -0.39 is 0 Å². The fourth-order valence-electron chi connectivity index (χ4n) is 1.83. The molecule has 1 atom stereocenters. The Morgan fingerprint density at radius 3 is 3.06 bits per heavy atom. The molecule has 1 saturated heterocycles. The number of carbonyl (C=O) groups excluding carboxylic acids is 1. The van der Waals surface area contributed by atoms with Crippen LogP contribution in [0.1, 0.15) is 6.92 Å². The number of aromatic nitrogens is 2. The Bertz CT molecular complexity index is 371. The predicted octanol–water partition coefficient (Wildman–Crippen LogP) is -0.182. The van der Waals surface area contributed by atoms with Crippen LogP contribution in [0.5, 0.6) is 0 Å². The summed E-state index contributed by atoms with van der Waals surface area (Å²) in [5.74, 6) is 0.346. The van der Waals surface area contributed by atoms with Crippen LogP contribution in [0.4, 0.5) is 5.95 Å². The molecular formula is C11H16N4O2. The molecule has 6 heteroatoms. The van der Waals surface area contributed by atoms with E-state index in [2.05, 4.69) is 15.3 Å². The van der Waals surface area contributed by atoms with E-state index in [1.54, 1.807) is 25.4 Å². The highest BCUT2D eigenvalue weighted by Crippen LogP contribution is 2.13. The SMILES string of the molecule is CCOC(=O)C1CNCCN1c1ncccn1. The van der Waals surface area contributed by atoms with Gasteiger partial charge in [0.1, 0.15) is 6.04 Å². The van der Waals surface area contributed by atoms with E-state index in [0.717, 1.165) is 6.54 Å². The topological polar surface area (TPSA) is 67.3 Å². The lowest BCUT2D eigenvalue weighted by molar-refractivity contribution is -0.144. The second-order valence-corrected chi connectivity index (χ2v) is 3.71. The molecule has 0 spiro atoms. The van der Waals surface area contributed by atoms with Gasteiger partial charge in [-0.15, -0.1) is 0 Å². The van der Waals surface area contributed by atoms with Crippen LogP contribution in [0, 0.1) is 0 Å². The maximum absolute atomic E-state index is 11.8. The van der Waals surface area contributed by atoms with E-state index in [1.807, 2.05) is 4.90 Å². The van der Waals surface area contributed by atoms with E-state index >= 15 is 0 Å². The molecule has 1 fully saturated rings. The molecule has 0 bridgehead atoms. The van der Waals surface area contributed by atoms with Gasteiger partial charge in [0.05, 0.1) is 6.61 Å². The minimum atomic E-state index is -0.342. The Hall–Kier alpha value is -1.69. The van der Waals surface area contributed by atoms with Crippen LogP contribution in [-0.4, -0.2) is 48.2 Å². The summed E-state index contributed by atoms with van der Waals surface area (Å²) in [6, 6.07) is 1.41. The zero-order valence-electron chi connectivity index (χ0n) is 9.80. The Morgan fingerprint density at radius 2 is 2.35 bits per heavy atom. The number of nitrogens with one attached hydrogen (secondary N) is 1. The molecule has 0 aromatic carbocycles. The monoisotopic (exact) mass is 236 g/mol. The standard InChI is InChI=1S/C11H16N4O2/c1-2-17-10(16)9-8-12-6-7-15(9)11-13-4-3-5-14-11/h3-5,9,12H,2,6-8H2,1H3. The Morgan fingerprint density at radius 1 is 1.59 bits per heavy atom. The average molecular weight is 236 g/mol. The van der Waals surface area contributed by atoms with Gasteiger partial charge in [-0.3, -0.25) is 0 Å². The van der Waals surface area contributed by atoms with E-state index in [0.29, 0.717) is 25.6 Å². The van der Waals surface area contributed by atoms with Crippen LogP contribution in [-0.2, 0) is 9.53 Å². The van der Waals surface area contributed by atoms with Crippen LogP contribution >= 0.6 is 0 Å². The molecule has 1 N–H and O–H groups in total. The summed E-state index contributed by atoms with van der Waals surface area (Å²) < 4.78 is 5.06. The van der Waals surface area contributed by atoms with Crippen molar-refractivity contribution in [3.05, 3.63) is 18.5 Å². The van der Waals surface area contributed by atoms with Crippen LogP contribution < -0.4 is 10.2 Å². The van der Waals surface area contributed by atoms with Crippen molar-refractivity contribution >= 4 is 11.9 Å². The summed E-state index contributed by atoms with van der Waals surface area (Å²) >= 11 is 0. The molecule has 1 aliphatic rings. The fraction of sp³-hybridized carbons (Fsp3) is 0.545. The number of anilines is 1. The van der Waals surface area contributed by atoms with Crippen molar-refractivity contribution in [2.75, 3.05) is 31.1 Å². The molecule has 0 radical (unpaired) electrons. The van der Waals surface area contributed by atoms with Crippen molar-refractivity contribution < 1.29 is 9.53 Å². The van der Waals surface area contributed by atoms with E-state index in [1.165, 1.54) is 0 Å². The first kappa shape index (κ1) is 11.8. The van der Waals surface area contributed by atoms with Crippen molar-refractivity contribution in [1.29, 1.82) is 0 Å². The molecule has 0 saturated carbocycles. The third-order valence-corrected chi connectivity index (χ3v) is 2.61. The zero-order chi connectivity index (χ0) is 12.1. The van der Waals surface area contributed by atoms with Gasteiger partial charge in [-0.05, 0) is 13.0 Å². The Labute approximate surface area is 100 Å². The van der Waals surface area contributed by atoms with Gasteiger partial charge in [0.2, 0.25) is 5.95 Å². The van der Waals surface area contributed by atoms with Crippen molar-refractivity contribution in [2.45, 2.75) is 13.0 Å². The Kier molecular flexibility index (Phi) is 3.87. The normalized spacial score (nSPS) is 20.1. The van der Waals surface area contributed by atoms with Gasteiger partial charge < -0.3 is 15.0 Å². The largest absolute Gasteiger partial charge is 0.464 e.